The first kappa shape index (κ1) is 10.3. The molecule has 1 fully saturated rings. The topological polar surface area (TPSA) is 43.4 Å². The molecule has 0 radical (unpaired) electrons. The summed E-state index contributed by atoms with van der Waals surface area (Å²) >= 11 is 2.16. The molecule has 0 atom stereocenters. The van der Waals surface area contributed by atoms with E-state index in [0.717, 1.165) is 5.69 Å². The highest BCUT2D eigenvalue weighted by molar-refractivity contribution is 14.2. The zero-order valence-electron chi connectivity index (χ0n) is 7.27. The lowest BCUT2D eigenvalue weighted by molar-refractivity contribution is -0.0810. The van der Waals surface area contributed by atoms with Crippen molar-refractivity contribution in [3.8, 4) is 5.88 Å². The van der Waals surface area contributed by atoms with Gasteiger partial charge in [0.05, 0.1) is 13.2 Å². The fraction of sp³-hybridized carbons (Fsp3) is 0.375. The van der Waals surface area contributed by atoms with Crippen LogP contribution in [0.25, 0.3) is 0 Å². The molecule has 14 heavy (non-hydrogen) atoms. The Balaban J connectivity index is 2.05. The summed E-state index contributed by atoms with van der Waals surface area (Å²) in [4.78, 5) is 4.16. The lowest BCUT2D eigenvalue weighted by Gasteiger charge is -2.26. The lowest BCUT2D eigenvalue weighted by Crippen LogP contribution is -2.38. The maximum atomic E-state index is 5.62. The van der Waals surface area contributed by atoms with Crippen LogP contribution in [0.5, 0.6) is 5.88 Å². The maximum Gasteiger partial charge on any atom is 0.238 e. The molecule has 1 saturated heterocycles. The Labute approximate surface area is 98.5 Å². The van der Waals surface area contributed by atoms with Crippen molar-refractivity contribution >= 4 is 36.0 Å². The van der Waals surface area contributed by atoms with Crippen LogP contribution in [0.1, 0.15) is 0 Å². The maximum absolute atomic E-state index is 5.62. The molecule has 1 N–H and O–H groups in total. The van der Waals surface area contributed by atoms with E-state index in [4.69, 9.17) is 9.47 Å². The SMILES string of the molecule is ISNc1cccnc1OC1COC1. The predicted octanol–water partition coefficient (Wildman–Crippen LogP) is 2.27. The van der Waals surface area contributed by atoms with E-state index in [2.05, 4.69) is 30.9 Å². The van der Waals surface area contributed by atoms with Crippen LogP contribution in [0.4, 0.5) is 5.69 Å². The number of nitrogens with zero attached hydrogens (tertiary/aromatic N) is 1. The van der Waals surface area contributed by atoms with Gasteiger partial charge >= 0.3 is 0 Å². The van der Waals surface area contributed by atoms with Crippen LogP contribution in [0, 0.1) is 0 Å². The molecule has 1 aliphatic heterocycles. The number of pyridine rings is 1. The Morgan fingerprint density at radius 1 is 1.64 bits per heavy atom. The summed E-state index contributed by atoms with van der Waals surface area (Å²) in [5, 5.41) is 0. The standard InChI is InChI=1S/C8H9IN2O2S/c9-14-11-7-2-1-3-10-8(7)13-6-4-12-5-6/h1-3,6,11H,4-5H2. The van der Waals surface area contributed by atoms with E-state index in [0.29, 0.717) is 19.1 Å². The van der Waals surface area contributed by atoms with E-state index in [9.17, 15) is 0 Å². The van der Waals surface area contributed by atoms with Crippen molar-refractivity contribution in [1.82, 2.24) is 4.98 Å². The van der Waals surface area contributed by atoms with E-state index >= 15 is 0 Å². The zero-order chi connectivity index (χ0) is 9.80. The van der Waals surface area contributed by atoms with Gasteiger partial charge in [0.2, 0.25) is 5.88 Å². The number of rotatable bonds is 4. The normalized spacial score (nSPS) is 16.1. The van der Waals surface area contributed by atoms with Gasteiger partial charge in [-0.25, -0.2) is 4.98 Å². The molecule has 0 saturated carbocycles. The summed E-state index contributed by atoms with van der Waals surface area (Å²) in [6.07, 6.45) is 1.88. The molecule has 1 aromatic heterocycles. The second kappa shape index (κ2) is 5.04. The number of hydrogen-bond donors (Lipinski definition) is 1. The fourth-order valence-electron chi connectivity index (χ4n) is 1.04. The minimum absolute atomic E-state index is 0.157. The number of aromatic nitrogens is 1. The second-order valence-electron chi connectivity index (χ2n) is 2.81. The van der Waals surface area contributed by atoms with Crippen molar-refractivity contribution in [2.75, 3.05) is 17.9 Å². The summed E-state index contributed by atoms with van der Waals surface area (Å²) in [7, 11) is 1.49. The molecule has 4 nitrogen and oxygen atoms in total. The van der Waals surface area contributed by atoms with Crippen molar-refractivity contribution in [1.29, 1.82) is 0 Å². The molecule has 2 heterocycles. The third kappa shape index (κ3) is 2.43. The number of anilines is 1. The first-order valence-corrected chi connectivity index (χ1v) is 7.49. The van der Waals surface area contributed by atoms with Gasteiger partial charge in [0.15, 0.2) is 0 Å². The first-order valence-electron chi connectivity index (χ1n) is 4.13. The van der Waals surface area contributed by atoms with Crippen LogP contribution in [-0.2, 0) is 4.74 Å². The van der Waals surface area contributed by atoms with Gasteiger partial charge < -0.3 is 14.2 Å². The molecule has 0 amide bonds. The largest absolute Gasteiger partial charge is 0.468 e. The minimum Gasteiger partial charge on any atom is -0.468 e. The first-order chi connectivity index (χ1) is 6.90. The van der Waals surface area contributed by atoms with E-state index in [1.165, 1.54) is 9.12 Å². The summed E-state index contributed by atoms with van der Waals surface area (Å²) in [5.74, 6) is 0.643. The Hall–Kier alpha value is -0.210. The zero-order valence-corrected chi connectivity index (χ0v) is 10.2. The Kier molecular flexibility index (Phi) is 3.71. The second-order valence-corrected chi connectivity index (χ2v) is 4.49. The highest BCUT2D eigenvalue weighted by atomic mass is 127. The van der Waals surface area contributed by atoms with E-state index in [1.807, 2.05) is 12.1 Å². The Morgan fingerprint density at radius 2 is 2.50 bits per heavy atom. The Morgan fingerprint density at radius 3 is 3.14 bits per heavy atom. The molecule has 1 aliphatic rings. The van der Waals surface area contributed by atoms with Gasteiger partial charge in [-0.05, 0) is 12.1 Å². The monoisotopic (exact) mass is 324 g/mol. The van der Waals surface area contributed by atoms with Gasteiger partial charge in [-0.3, -0.25) is 0 Å². The lowest BCUT2D eigenvalue weighted by atomic mass is 10.3. The van der Waals surface area contributed by atoms with Gasteiger partial charge in [-0.1, -0.05) is 0 Å². The molecule has 2 rings (SSSR count). The molecule has 76 valence electrons. The van der Waals surface area contributed by atoms with Gasteiger partial charge in [-0.2, -0.15) is 0 Å². The van der Waals surface area contributed by atoms with Gasteiger partial charge in [0.1, 0.15) is 11.8 Å². The molecule has 0 bridgehead atoms. The van der Waals surface area contributed by atoms with Crippen molar-refractivity contribution in [2.45, 2.75) is 6.10 Å². The summed E-state index contributed by atoms with van der Waals surface area (Å²) in [6, 6.07) is 3.81. The van der Waals surface area contributed by atoms with Crippen molar-refractivity contribution in [3.05, 3.63) is 18.3 Å². The van der Waals surface area contributed by atoms with E-state index in [1.54, 1.807) is 6.20 Å². The fourth-order valence-corrected chi connectivity index (χ4v) is 1.99. The quantitative estimate of drug-likeness (QED) is 0.680. The number of nitrogens with one attached hydrogen (secondary N) is 1. The third-order valence-corrected chi connectivity index (χ3v) is 2.76. The van der Waals surface area contributed by atoms with Crippen LogP contribution in [-0.4, -0.2) is 24.3 Å². The smallest absolute Gasteiger partial charge is 0.238 e. The summed E-state index contributed by atoms with van der Waals surface area (Å²) < 4.78 is 13.8. The summed E-state index contributed by atoms with van der Waals surface area (Å²) in [6.45, 7) is 1.32. The molecule has 0 aliphatic carbocycles. The molecule has 0 spiro atoms. The van der Waals surface area contributed by atoms with Crippen LogP contribution in [0.3, 0.4) is 0 Å². The van der Waals surface area contributed by atoms with Crippen LogP contribution in [0.2, 0.25) is 0 Å². The summed E-state index contributed by atoms with van der Waals surface area (Å²) in [5.41, 5.74) is 0.902. The number of hydrogen-bond acceptors (Lipinski definition) is 5. The molecule has 0 aromatic carbocycles. The van der Waals surface area contributed by atoms with Crippen molar-refractivity contribution in [3.63, 3.8) is 0 Å². The van der Waals surface area contributed by atoms with Crippen LogP contribution in [0.15, 0.2) is 18.3 Å². The predicted molar refractivity (Wildman–Crippen MR) is 64.7 cm³/mol. The Bertz CT molecular complexity index is 309. The minimum atomic E-state index is 0.157. The van der Waals surface area contributed by atoms with E-state index in [-0.39, 0.29) is 6.10 Å². The average Bonchev–Trinajstić information content (AvgIpc) is 2.14. The van der Waals surface area contributed by atoms with E-state index < -0.39 is 0 Å². The van der Waals surface area contributed by atoms with Crippen LogP contribution >= 0.6 is 30.3 Å². The van der Waals surface area contributed by atoms with Crippen molar-refractivity contribution < 1.29 is 9.47 Å². The molecule has 1 aromatic rings. The highest BCUT2D eigenvalue weighted by Crippen LogP contribution is 2.27. The molecular weight excluding hydrogens is 315 g/mol. The third-order valence-electron chi connectivity index (χ3n) is 1.81. The molecule has 6 heteroatoms. The van der Waals surface area contributed by atoms with Gasteiger partial charge in [0.25, 0.3) is 0 Å². The number of halogens is 1. The molecular formula is C8H9IN2O2S. The highest BCUT2D eigenvalue weighted by Gasteiger charge is 2.21. The number of ether oxygens (including phenoxy) is 2. The average molecular weight is 324 g/mol. The van der Waals surface area contributed by atoms with Gasteiger partial charge in [-0.15, -0.1) is 0 Å². The molecule has 0 unspecified atom stereocenters. The van der Waals surface area contributed by atoms with Gasteiger partial charge in [0, 0.05) is 36.5 Å². The van der Waals surface area contributed by atoms with Crippen LogP contribution < -0.4 is 9.46 Å². The van der Waals surface area contributed by atoms with Crippen molar-refractivity contribution in [2.24, 2.45) is 0 Å².